The van der Waals surface area contributed by atoms with Crippen LogP contribution in [-0.2, 0) is 0 Å². The number of hydrogen-bond acceptors (Lipinski definition) is 3. The normalized spacial score (nSPS) is 10.8. The van der Waals surface area contributed by atoms with Crippen molar-refractivity contribution in [2.75, 3.05) is 0 Å². The molecule has 0 unspecified atom stereocenters. The van der Waals surface area contributed by atoms with Crippen LogP contribution in [0, 0.1) is 0 Å². The molecular weight excluding hydrogens is 294 g/mol. The average molecular weight is 296 g/mol. The van der Waals surface area contributed by atoms with Crippen LogP contribution in [0.4, 0.5) is 0 Å². The SMILES string of the molecule is O=c1[nH]c(Cl)nc2c1ncn2I. The van der Waals surface area contributed by atoms with Crippen LogP contribution >= 0.6 is 34.5 Å². The van der Waals surface area contributed by atoms with Gasteiger partial charge in [0.15, 0.2) is 11.2 Å². The van der Waals surface area contributed by atoms with Crippen LogP contribution in [0.2, 0.25) is 5.28 Å². The molecule has 0 amide bonds. The molecule has 0 aliphatic heterocycles. The van der Waals surface area contributed by atoms with Crippen LogP contribution in [0.5, 0.6) is 0 Å². The summed E-state index contributed by atoms with van der Waals surface area (Å²) >= 11 is 7.51. The summed E-state index contributed by atoms with van der Waals surface area (Å²) in [5.41, 5.74) is 0.457. The summed E-state index contributed by atoms with van der Waals surface area (Å²) in [5, 5.41) is 0.0749. The van der Waals surface area contributed by atoms with Crippen molar-refractivity contribution in [1.29, 1.82) is 0 Å². The van der Waals surface area contributed by atoms with Crippen molar-refractivity contribution in [3.05, 3.63) is 22.0 Å². The van der Waals surface area contributed by atoms with Crippen LogP contribution in [0.15, 0.2) is 11.1 Å². The van der Waals surface area contributed by atoms with Crippen LogP contribution in [0.3, 0.4) is 0 Å². The molecule has 2 heterocycles. The third-order valence-corrected chi connectivity index (χ3v) is 2.22. The number of nitrogens with zero attached hydrogens (tertiary/aromatic N) is 3. The highest BCUT2D eigenvalue weighted by Crippen LogP contribution is 2.09. The molecule has 2 aromatic heterocycles. The number of halogens is 2. The molecule has 5 nitrogen and oxygen atoms in total. The molecule has 0 aromatic carbocycles. The molecule has 2 rings (SSSR count). The summed E-state index contributed by atoms with van der Waals surface area (Å²) in [6.07, 6.45) is 1.50. The van der Waals surface area contributed by atoms with E-state index in [1.54, 1.807) is 2.78 Å². The standard InChI is InChI=1S/C5H2ClIN4O/c6-5-9-3-2(4(12)10-5)8-1-11(3)7/h1H,(H,9,10,12). The number of fused-ring (bicyclic) bond motifs is 1. The fourth-order valence-electron chi connectivity index (χ4n) is 0.857. The minimum absolute atomic E-state index is 0.0749. The van der Waals surface area contributed by atoms with E-state index >= 15 is 0 Å². The predicted octanol–water partition coefficient (Wildman–Crippen LogP) is 0.971. The van der Waals surface area contributed by atoms with Gasteiger partial charge in [-0.05, 0) is 11.6 Å². The Morgan fingerprint density at radius 3 is 3.17 bits per heavy atom. The Bertz CT molecular complexity index is 490. The second kappa shape index (κ2) is 2.70. The number of rotatable bonds is 0. The Morgan fingerprint density at radius 1 is 1.67 bits per heavy atom. The summed E-state index contributed by atoms with van der Waals surface area (Å²) in [4.78, 5) is 21.2. The first kappa shape index (κ1) is 7.99. The number of imidazole rings is 1. The van der Waals surface area contributed by atoms with Gasteiger partial charge in [-0.15, -0.1) is 0 Å². The summed E-state index contributed by atoms with van der Waals surface area (Å²) in [6, 6.07) is 0. The summed E-state index contributed by atoms with van der Waals surface area (Å²) in [7, 11) is 0. The van der Waals surface area contributed by atoms with Gasteiger partial charge in [0.2, 0.25) is 5.28 Å². The Morgan fingerprint density at radius 2 is 2.42 bits per heavy atom. The smallest absolute Gasteiger partial charge is 0.280 e. The van der Waals surface area contributed by atoms with Crippen LogP contribution < -0.4 is 5.56 Å². The van der Waals surface area contributed by atoms with Crippen molar-refractivity contribution < 1.29 is 0 Å². The van der Waals surface area contributed by atoms with E-state index in [1.807, 2.05) is 22.9 Å². The maximum absolute atomic E-state index is 11.2. The lowest BCUT2D eigenvalue weighted by Gasteiger charge is -1.90. The van der Waals surface area contributed by atoms with Gasteiger partial charge in [-0.25, -0.2) is 4.98 Å². The molecule has 0 aliphatic rings. The van der Waals surface area contributed by atoms with Gasteiger partial charge < -0.3 is 0 Å². The number of hydrogen-bond donors (Lipinski definition) is 1. The zero-order valence-electron chi connectivity index (χ0n) is 5.58. The quantitative estimate of drug-likeness (QED) is 0.582. The van der Waals surface area contributed by atoms with Crippen LogP contribution in [0.1, 0.15) is 0 Å². The third-order valence-electron chi connectivity index (χ3n) is 1.34. The predicted molar refractivity (Wildman–Crippen MR) is 52.6 cm³/mol. The molecular formula is C5H2ClIN4O. The Kier molecular flexibility index (Phi) is 1.80. The van der Waals surface area contributed by atoms with Crippen molar-refractivity contribution in [1.82, 2.24) is 17.7 Å². The van der Waals surface area contributed by atoms with E-state index in [4.69, 9.17) is 11.6 Å². The van der Waals surface area contributed by atoms with Gasteiger partial charge in [0.1, 0.15) is 6.33 Å². The fourth-order valence-corrected chi connectivity index (χ4v) is 1.48. The van der Waals surface area contributed by atoms with Gasteiger partial charge in [0.25, 0.3) is 5.56 Å². The van der Waals surface area contributed by atoms with Gasteiger partial charge in [0, 0.05) is 0 Å². The van der Waals surface area contributed by atoms with Gasteiger partial charge in [0.05, 0.1) is 22.9 Å². The van der Waals surface area contributed by atoms with Crippen LogP contribution in [-0.4, -0.2) is 17.7 Å². The Labute approximate surface area is 85.3 Å². The van der Waals surface area contributed by atoms with E-state index in [0.717, 1.165) is 0 Å². The highest BCUT2D eigenvalue weighted by molar-refractivity contribution is 14.1. The van der Waals surface area contributed by atoms with E-state index in [0.29, 0.717) is 11.2 Å². The molecule has 0 aliphatic carbocycles. The van der Waals surface area contributed by atoms with Gasteiger partial charge in [-0.2, -0.15) is 4.98 Å². The third kappa shape index (κ3) is 1.11. The molecule has 0 saturated carbocycles. The molecule has 7 heteroatoms. The number of H-pyrrole nitrogens is 1. The lowest BCUT2D eigenvalue weighted by molar-refractivity contribution is 1.15. The Balaban J connectivity index is 3.03. The maximum Gasteiger partial charge on any atom is 0.280 e. The zero-order chi connectivity index (χ0) is 8.72. The summed E-state index contributed by atoms with van der Waals surface area (Å²) < 4.78 is 1.61. The first-order valence-electron chi connectivity index (χ1n) is 2.97. The number of aromatic nitrogens is 4. The minimum atomic E-state index is -0.319. The zero-order valence-corrected chi connectivity index (χ0v) is 8.50. The van der Waals surface area contributed by atoms with Gasteiger partial charge in [-0.1, -0.05) is 0 Å². The fraction of sp³-hybridized carbons (Fsp3) is 0. The average Bonchev–Trinajstić information content (AvgIpc) is 2.33. The molecule has 0 saturated heterocycles. The highest BCUT2D eigenvalue weighted by atomic mass is 127. The molecule has 0 fully saturated rings. The van der Waals surface area contributed by atoms with Gasteiger partial charge >= 0.3 is 0 Å². The largest absolute Gasteiger partial charge is 0.295 e. The molecule has 1 N–H and O–H groups in total. The van der Waals surface area contributed by atoms with Crippen LogP contribution in [0.25, 0.3) is 11.2 Å². The van der Waals surface area contributed by atoms with Crippen molar-refractivity contribution in [3.63, 3.8) is 0 Å². The topological polar surface area (TPSA) is 63.6 Å². The molecule has 0 atom stereocenters. The molecule has 62 valence electrons. The lowest BCUT2D eigenvalue weighted by atomic mass is 10.6. The molecule has 0 spiro atoms. The highest BCUT2D eigenvalue weighted by Gasteiger charge is 2.06. The van der Waals surface area contributed by atoms with Crippen molar-refractivity contribution in [2.24, 2.45) is 0 Å². The van der Waals surface area contributed by atoms with E-state index in [9.17, 15) is 4.79 Å². The van der Waals surface area contributed by atoms with E-state index in [-0.39, 0.29) is 10.8 Å². The molecule has 0 bridgehead atoms. The number of aromatic amines is 1. The molecule has 2 aromatic rings. The minimum Gasteiger partial charge on any atom is -0.295 e. The molecule has 0 radical (unpaired) electrons. The van der Waals surface area contributed by atoms with Crippen molar-refractivity contribution in [2.45, 2.75) is 0 Å². The van der Waals surface area contributed by atoms with Gasteiger partial charge in [-0.3, -0.25) is 12.6 Å². The molecule has 12 heavy (non-hydrogen) atoms. The first-order chi connectivity index (χ1) is 5.68. The van der Waals surface area contributed by atoms with E-state index in [1.165, 1.54) is 6.33 Å². The lowest BCUT2D eigenvalue weighted by Crippen LogP contribution is -2.07. The summed E-state index contributed by atoms with van der Waals surface area (Å²) in [5.74, 6) is 0. The first-order valence-corrected chi connectivity index (χ1v) is 4.32. The van der Waals surface area contributed by atoms with Crippen molar-refractivity contribution >= 4 is 45.6 Å². The van der Waals surface area contributed by atoms with E-state index < -0.39 is 0 Å². The Hall–Kier alpha value is -0.630. The van der Waals surface area contributed by atoms with Crippen molar-refractivity contribution in [3.8, 4) is 0 Å². The maximum atomic E-state index is 11.2. The van der Waals surface area contributed by atoms with E-state index in [2.05, 4.69) is 15.0 Å². The second-order valence-corrected chi connectivity index (χ2v) is 3.48. The number of nitrogens with one attached hydrogen (secondary N) is 1. The monoisotopic (exact) mass is 296 g/mol. The summed E-state index contributed by atoms with van der Waals surface area (Å²) in [6.45, 7) is 0. The second-order valence-electron chi connectivity index (χ2n) is 2.08.